The fourth-order valence-electron chi connectivity index (χ4n) is 3.11. The van der Waals surface area contributed by atoms with Crippen LogP contribution in [0.25, 0.3) is 15.9 Å². The van der Waals surface area contributed by atoms with E-state index in [9.17, 15) is 4.79 Å². The van der Waals surface area contributed by atoms with Crippen molar-refractivity contribution >= 4 is 39.1 Å². The molecule has 0 radical (unpaired) electrons. The first-order valence-corrected chi connectivity index (χ1v) is 10.1. The van der Waals surface area contributed by atoms with Crippen molar-refractivity contribution in [3.8, 4) is 5.69 Å². The smallest absolute Gasteiger partial charge is 0.174 e. The second kappa shape index (κ2) is 7.05. The predicted molar refractivity (Wildman–Crippen MR) is 108 cm³/mol. The van der Waals surface area contributed by atoms with E-state index in [4.69, 9.17) is 0 Å². The molecule has 0 aliphatic heterocycles. The van der Waals surface area contributed by atoms with Crippen molar-refractivity contribution in [3.05, 3.63) is 71.1 Å². The number of benzene rings is 1. The lowest BCUT2D eigenvalue weighted by molar-refractivity contribution is 0.102. The minimum absolute atomic E-state index is 0.118. The molecule has 0 aliphatic carbocycles. The highest BCUT2D eigenvalue weighted by molar-refractivity contribution is 8.00. The second-order valence-electron chi connectivity index (χ2n) is 5.99. The van der Waals surface area contributed by atoms with Crippen molar-refractivity contribution in [2.24, 2.45) is 0 Å². The van der Waals surface area contributed by atoms with E-state index in [1.165, 1.54) is 11.8 Å². The zero-order valence-corrected chi connectivity index (χ0v) is 16.1. The summed E-state index contributed by atoms with van der Waals surface area (Å²) in [6.07, 6.45) is 1.56. The number of aryl methyl sites for hydroxylation is 1. The van der Waals surface area contributed by atoms with Gasteiger partial charge in [-0.3, -0.25) is 4.79 Å². The normalized spacial score (nSPS) is 11.2. The Kier molecular flexibility index (Phi) is 4.61. The number of thiophene rings is 1. The maximum atomic E-state index is 12.8. The van der Waals surface area contributed by atoms with Crippen molar-refractivity contribution in [1.82, 2.24) is 14.5 Å². The Hall–Kier alpha value is -2.44. The Bertz CT molecular complexity index is 1080. The lowest BCUT2D eigenvalue weighted by atomic mass is 10.2. The fourth-order valence-corrected chi connectivity index (χ4v) is 4.78. The molecule has 0 unspecified atom stereocenters. The Labute approximate surface area is 159 Å². The van der Waals surface area contributed by atoms with E-state index in [1.54, 1.807) is 17.7 Å². The van der Waals surface area contributed by atoms with Crippen LogP contribution in [0.2, 0.25) is 0 Å². The lowest BCUT2D eigenvalue weighted by Crippen LogP contribution is -2.05. The average Bonchev–Trinajstić information content (AvgIpc) is 3.25. The molecule has 0 aliphatic rings. The van der Waals surface area contributed by atoms with Crippen molar-refractivity contribution in [3.63, 3.8) is 0 Å². The Morgan fingerprint density at radius 3 is 2.77 bits per heavy atom. The summed E-state index contributed by atoms with van der Waals surface area (Å²) < 4.78 is 2.12. The van der Waals surface area contributed by atoms with Crippen LogP contribution >= 0.6 is 23.1 Å². The van der Waals surface area contributed by atoms with Crippen LogP contribution in [0, 0.1) is 13.8 Å². The first kappa shape index (κ1) is 17.0. The second-order valence-corrected chi connectivity index (χ2v) is 7.84. The molecule has 4 aromatic rings. The number of hydrogen-bond donors (Lipinski definition) is 0. The van der Waals surface area contributed by atoms with E-state index in [-0.39, 0.29) is 5.78 Å². The molecule has 0 saturated carbocycles. The zero-order chi connectivity index (χ0) is 18.1. The first-order valence-electron chi connectivity index (χ1n) is 8.23. The van der Waals surface area contributed by atoms with E-state index < -0.39 is 0 Å². The van der Waals surface area contributed by atoms with Gasteiger partial charge in [0.1, 0.15) is 16.2 Å². The average molecular weight is 380 g/mol. The van der Waals surface area contributed by atoms with Crippen molar-refractivity contribution in [2.45, 2.75) is 18.9 Å². The first-order chi connectivity index (χ1) is 12.6. The quantitative estimate of drug-likeness (QED) is 0.276. The molecule has 0 N–H and O–H groups in total. The molecule has 4 nitrogen and oxygen atoms in total. The third-order valence-electron chi connectivity index (χ3n) is 4.31. The molecular formula is C20H17N3OS2. The largest absolute Gasteiger partial charge is 0.318 e. The van der Waals surface area contributed by atoms with Gasteiger partial charge in [-0.2, -0.15) is 0 Å². The highest BCUT2D eigenvalue weighted by Crippen LogP contribution is 2.29. The minimum atomic E-state index is 0.118. The number of Topliss-reactive ketones (excluding diaryl/α,β-unsaturated/α-hetero) is 1. The van der Waals surface area contributed by atoms with Gasteiger partial charge in [0, 0.05) is 28.0 Å². The number of carbonyl (C=O) groups is 1. The molecule has 0 fully saturated rings. The summed E-state index contributed by atoms with van der Waals surface area (Å²) in [6.45, 7) is 4.03. The maximum Gasteiger partial charge on any atom is 0.174 e. The summed E-state index contributed by atoms with van der Waals surface area (Å²) in [4.78, 5) is 22.4. The van der Waals surface area contributed by atoms with E-state index in [0.29, 0.717) is 5.75 Å². The molecule has 130 valence electrons. The molecule has 1 aromatic carbocycles. The number of para-hydroxylation sites is 1. The van der Waals surface area contributed by atoms with Crippen LogP contribution in [-0.4, -0.2) is 26.1 Å². The molecular weight excluding hydrogens is 362 g/mol. The van der Waals surface area contributed by atoms with Crippen molar-refractivity contribution in [1.29, 1.82) is 0 Å². The summed E-state index contributed by atoms with van der Waals surface area (Å²) in [5.41, 5.74) is 3.88. The molecule has 4 rings (SSSR count). The maximum absolute atomic E-state index is 12.8. The standard InChI is InChI=1S/C20H17N3OS2/c1-13-10-17(14(2)23(13)15-6-4-3-5-7-15)18(24)11-26-20-16-8-9-25-19(16)21-12-22-20/h3-10,12H,11H2,1-2H3. The Morgan fingerprint density at radius 1 is 1.15 bits per heavy atom. The monoisotopic (exact) mass is 379 g/mol. The van der Waals surface area contributed by atoms with Gasteiger partial charge in [0.15, 0.2) is 5.78 Å². The van der Waals surface area contributed by atoms with Gasteiger partial charge in [0.2, 0.25) is 0 Å². The zero-order valence-electron chi connectivity index (χ0n) is 14.5. The van der Waals surface area contributed by atoms with Gasteiger partial charge in [-0.1, -0.05) is 30.0 Å². The van der Waals surface area contributed by atoms with Gasteiger partial charge in [0.05, 0.1) is 5.75 Å². The number of fused-ring (bicyclic) bond motifs is 1. The number of thioether (sulfide) groups is 1. The van der Waals surface area contributed by atoms with Gasteiger partial charge >= 0.3 is 0 Å². The van der Waals surface area contributed by atoms with Gasteiger partial charge < -0.3 is 4.57 Å². The van der Waals surface area contributed by atoms with Crippen LogP contribution in [0.4, 0.5) is 0 Å². The summed E-state index contributed by atoms with van der Waals surface area (Å²) in [6, 6.07) is 14.1. The summed E-state index contributed by atoms with van der Waals surface area (Å²) in [5, 5.41) is 3.88. The number of carbonyl (C=O) groups excluding carboxylic acids is 1. The van der Waals surface area contributed by atoms with Crippen LogP contribution in [-0.2, 0) is 0 Å². The number of aromatic nitrogens is 3. The summed E-state index contributed by atoms with van der Waals surface area (Å²) >= 11 is 3.06. The van der Waals surface area contributed by atoms with Gasteiger partial charge in [-0.05, 0) is 43.5 Å². The number of ketones is 1. The third kappa shape index (κ3) is 3.06. The summed E-state index contributed by atoms with van der Waals surface area (Å²) in [7, 11) is 0. The van der Waals surface area contributed by atoms with E-state index >= 15 is 0 Å². The number of rotatable bonds is 5. The fraction of sp³-hybridized carbons (Fsp3) is 0.150. The van der Waals surface area contributed by atoms with Gasteiger partial charge in [0.25, 0.3) is 0 Å². The molecule has 3 aromatic heterocycles. The summed E-state index contributed by atoms with van der Waals surface area (Å²) in [5.74, 6) is 0.480. The van der Waals surface area contributed by atoms with Crippen LogP contribution in [0.15, 0.2) is 59.2 Å². The van der Waals surface area contributed by atoms with Crippen LogP contribution in [0.1, 0.15) is 21.7 Å². The SMILES string of the molecule is Cc1cc(C(=O)CSc2ncnc3sccc23)c(C)n1-c1ccccc1. The van der Waals surface area contributed by atoms with Crippen molar-refractivity contribution in [2.75, 3.05) is 5.75 Å². The van der Waals surface area contributed by atoms with E-state index in [0.717, 1.165) is 37.9 Å². The highest BCUT2D eigenvalue weighted by atomic mass is 32.2. The molecule has 0 spiro atoms. The van der Waals surface area contributed by atoms with Crippen LogP contribution < -0.4 is 0 Å². The molecule has 0 atom stereocenters. The minimum Gasteiger partial charge on any atom is -0.318 e. The van der Waals surface area contributed by atoms with Crippen LogP contribution in [0.5, 0.6) is 0 Å². The van der Waals surface area contributed by atoms with E-state index in [2.05, 4.69) is 26.7 Å². The highest BCUT2D eigenvalue weighted by Gasteiger charge is 2.17. The molecule has 6 heteroatoms. The van der Waals surface area contributed by atoms with Crippen molar-refractivity contribution < 1.29 is 4.79 Å². The van der Waals surface area contributed by atoms with Gasteiger partial charge in [-0.25, -0.2) is 9.97 Å². The topological polar surface area (TPSA) is 47.8 Å². The Balaban J connectivity index is 1.58. The number of nitrogens with zero attached hydrogens (tertiary/aromatic N) is 3. The third-order valence-corrected chi connectivity index (χ3v) is 6.14. The molecule has 3 heterocycles. The van der Waals surface area contributed by atoms with Gasteiger partial charge in [-0.15, -0.1) is 11.3 Å². The molecule has 0 saturated heterocycles. The molecule has 26 heavy (non-hydrogen) atoms. The van der Waals surface area contributed by atoms with E-state index in [1.807, 2.05) is 49.6 Å². The predicted octanol–water partition coefficient (Wildman–Crippen LogP) is 5.07. The molecule has 0 amide bonds. The Morgan fingerprint density at radius 2 is 1.96 bits per heavy atom. The lowest BCUT2D eigenvalue weighted by Gasteiger charge is -2.09. The molecule has 0 bridgehead atoms. The number of hydrogen-bond acceptors (Lipinski definition) is 5. The van der Waals surface area contributed by atoms with Crippen LogP contribution in [0.3, 0.4) is 0 Å².